The van der Waals surface area contributed by atoms with Gasteiger partial charge in [-0.3, -0.25) is 15.6 Å². The van der Waals surface area contributed by atoms with Gasteiger partial charge in [-0.2, -0.15) is 0 Å². The summed E-state index contributed by atoms with van der Waals surface area (Å²) in [6, 6.07) is 16.4. The van der Waals surface area contributed by atoms with Gasteiger partial charge in [0.1, 0.15) is 0 Å². The summed E-state index contributed by atoms with van der Waals surface area (Å²) in [5.41, 5.74) is 10.1. The Hall–Kier alpha value is -2.05. The van der Waals surface area contributed by atoms with Crippen LogP contribution in [0.4, 0.5) is 5.69 Å². The zero-order chi connectivity index (χ0) is 19.5. The van der Waals surface area contributed by atoms with Gasteiger partial charge in [0.05, 0.1) is 5.75 Å². The lowest BCUT2D eigenvalue weighted by Crippen LogP contribution is -2.44. The molecule has 0 fully saturated rings. The van der Waals surface area contributed by atoms with Crippen LogP contribution in [0, 0.1) is 6.92 Å². The maximum absolute atomic E-state index is 11.9. The number of thioether (sulfide) groups is 1. The van der Waals surface area contributed by atoms with E-state index in [1.165, 1.54) is 29.5 Å². The highest BCUT2D eigenvalue weighted by Crippen LogP contribution is 2.15. The van der Waals surface area contributed by atoms with E-state index in [4.69, 9.17) is 12.2 Å². The molecule has 144 valence electrons. The fourth-order valence-electron chi connectivity index (χ4n) is 2.49. The number of hydrazine groups is 1. The molecule has 0 saturated carbocycles. The smallest absolute Gasteiger partial charge is 0.248 e. The average molecular weight is 402 g/mol. The highest BCUT2D eigenvalue weighted by Gasteiger charge is 2.04. The van der Waals surface area contributed by atoms with E-state index in [0.717, 1.165) is 17.9 Å². The fraction of sp³-hybridized carbons (Fsp3) is 0.333. The molecule has 1 amide bonds. The molecule has 0 saturated heterocycles. The Bertz CT molecular complexity index is 747. The maximum Gasteiger partial charge on any atom is 0.248 e. The minimum absolute atomic E-state index is 0.104. The molecule has 6 heteroatoms. The Morgan fingerprint density at radius 3 is 2.52 bits per heavy atom. The molecule has 0 aliphatic heterocycles. The lowest BCUT2D eigenvalue weighted by Gasteiger charge is -2.12. The first-order valence-corrected chi connectivity index (χ1v) is 10.7. The second-order valence-corrected chi connectivity index (χ2v) is 7.74. The predicted octanol–water partition coefficient (Wildman–Crippen LogP) is 4.59. The van der Waals surface area contributed by atoms with Crippen molar-refractivity contribution < 1.29 is 4.79 Å². The number of aryl methyl sites for hydroxylation is 2. The zero-order valence-corrected chi connectivity index (χ0v) is 17.5. The van der Waals surface area contributed by atoms with E-state index in [1.807, 2.05) is 24.3 Å². The Morgan fingerprint density at radius 1 is 1.07 bits per heavy atom. The number of unbranched alkanes of at least 4 members (excludes halogenated alkanes) is 1. The van der Waals surface area contributed by atoms with Crippen LogP contribution in [0.2, 0.25) is 0 Å². The molecule has 0 unspecified atom stereocenters. The van der Waals surface area contributed by atoms with Crippen molar-refractivity contribution in [3.8, 4) is 0 Å². The van der Waals surface area contributed by atoms with Gasteiger partial charge in [-0.05, 0) is 60.8 Å². The fourth-order valence-corrected chi connectivity index (χ4v) is 3.56. The third-order valence-corrected chi connectivity index (χ3v) is 5.28. The first kappa shape index (κ1) is 21.3. The number of amides is 1. The number of anilines is 1. The Kier molecular flexibility index (Phi) is 9.15. The molecular formula is C21H27N3OS2. The summed E-state index contributed by atoms with van der Waals surface area (Å²) in [6.07, 6.45) is 3.48. The number of hydrogen-bond donors (Lipinski definition) is 3. The molecule has 2 rings (SSSR count). The average Bonchev–Trinajstić information content (AvgIpc) is 2.67. The van der Waals surface area contributed by atoms with Gasteiger partial charge >= 0.3 is 0 Å². The Morgan fingerprint density at radius 2 is 1.81 bits per heavy atom. The molecule has 27 heavy (non-hydrogen) atoms. The number of rotatable bonds is 8. The van der Waals surface area contributed by atoms with E-state index >= 15 is 0 Å². The molecule has 0 radical (unpaired) electrons. The van der Waals surface area contributed by atoms with Crippen molar-refractivity contribution in [3.05, 3.63) is 65.2 Å². The highest BCUT2D eigenvalue weighted by molar-refractivity contribution is 7.99. The molecule has 4 nitrogen and oxygen atoms in total. The van der Waals surface area contributed by atoms with Gasteiger partial charge < -0.3 is 5.32 Å². The van der Waals surface area contributed by atoms with Crippen LogP contribution in [0.25, 0.3) is 0 Å². The van der Waals surface area contributed by atoms with Crippen LogP contribution in [0.3, 0.4) is 0 Å². The van der Waals surface area contributed by atoms with Gasteiger partial charge in [-0.15, -0.1) is 11.8 Å². The van der Waals surface area contributed by atoms with Crippen LogP contribution in [0.1, 0.15) is 36.5 Å². The maximum atomic E-state index is 11.9. The number of hydrogen-bond acceptors (Lipinski definition) is 3. The molecular weight excluding hydrogens is 374 g/mol. The van der Waals surface area contributed by atoms with E-state index in [2.05, 4.69) is 54.3 Å². The largest absolute Gasteiger partial charge is 0.331 e. The van der Waals surface area contributed by atoms with Crippen molar-refractivity contribution >= 4 is 40.7 Å². The van der Waals surface area contributed by atoms with Crippen molar-refractivity contribution in [2.24, 2.45) is 0 Å². The summed E-state index contributed by atoms with van der Waals surface area (Å²) in [5.74, 6) is 1.08. The monoisotopic (exact) mass is 401 g/mol. The van der Waals surface area contributed by atoms with Crippen LogP contribution in [0.15, 0.2) is 48.5 Å². The van der Waals surface area contributed by atoms with Gasteiger partial charge in [-0.1, -0.05) is 49.7 Å². The minimum atomic E-state index is -0.104. The van der Waals surface area contributed by atoms with Gasteiger partial charge in [0.2, 0.25) is 5.91 Å². The van der Waals surface area contributed by atoms with Crippen LogP contribution in [-0.2, 0) is 17.0 Å². The van der Waals surface area contributed by atoms with Gasteiger partial charge in [0.15, 0.2) is 5.11 Å². The summed E-state index contributed by atoms with van der Waals surface area (Å²) < 4.78 is 0. The number of nitrogens with one attached hydrogen (secondary N) is 3. The zero-order valence-electron chi connectivity index (χ0n) is 15.9. The van der Waals surface area contributed by atoms with Crippen LogP contribution < -0.4 is 16.2 Å². The summed E-state index contributed by atoms with van der Waals surface area (Å²) in [7, 11) is 0. The first-order valence-electron chi connectivity index (χ1n) is 9.15. The normalized spacial score (nSPS) is 10.3. The molecule has 0 spiro atoms. The number of carbonyl (C=O) groups is 1. The number of carbonyl (C=O) groups excluding carboxylic acids is 1. The van der Waals surface area contributed by atoms with E-state index in [1.54, 1.807) is 11.8 Å². The molecule has 0 bridgehead atoms. The van der Waals surface area contributed by atoms with Crippen molar-refractivity contribution in [1.82, 2.24) is 10.9 Å². The molecule has 2 aromatic rings. The number of thiocarbonyl (C=S) groups is 1. The Balaban J connectivity index is 1.65. The van der Waals surface area contributed by atoms with Gasteiger partial charge in [0, 0.05) is 11.4 Å². The van der Waals surface area contributed by atoms with E-state index < -0.39 is 0 Å². The van der Waals surface area contributed by atoms with Gasteiger partial charge in [0.25, 0.3) is 0 Å². The van der Waals surface area contributed by atoms with Crippen LogP contribution >= 0.6 is 24.0 Å². The van der Waals surface area contributed by atoms with Crippen LogP contribution in [0.5, 0.6) is 0 Å². The quantitative estimate of drug-likeness (QED) is 0.446. The molecule has 0 atom stereocenters. The Labute approximate surface area is 171 Å². The molecule has 0 aliphatic carbocycles. The summed E-state index contributed by atoms with van der Waals surface area (Å²) in [6.45, 7) is 4.27. The van der Waals surface area contributed by atoms with Crippen LogP contribution in [-0.4, -0.2) is 16.8 Å². The van der Waals surface area contributed by atoms with Crippen molar-refractivity contribution in [2.45, 2.75) is 38.9 Å². The molecule has 0 aromatic heterocycles. The van der Waals surface area contributed by atoms with E-state index in [-0.39, 0.29) is 5.91 Å². The van der Waals surface area contributed by atoms with Gasteiger partial charge in [-0.25, -0.2) is 0 Å². The summed E-state index contributed by atoms with van der Waals surface area (Å²) in [5, 5.41) is 3.44. The van der Waals surface area contributed by atoms with Crippen molar-refractivity contribution in [3.63, 3.8) is 0 Å². The molecule has 2 aromatic carbocycles. The summed E-state index contributed by atoms with van der Waals surface area (Å²) in [4.78, 5) is 11.9. The second kappa shape index (κ2) is 11.6. The third-order valence-electron chi connectivity index (χ3n) is 4.10. The third kappa shape index (κ3) is 8.01. The summed E-state index contributed by atoms with van der Waals surface area (Å²) >= 11 is 6.80. The molecule has 0 heterocycles. The van der Waals surface area contributed by atoms with Crippen molar-refractivity contribution in [2.75, 3.05) is 11.1 Å². The molecule has 0 aliphatic rings. The second-order valence-electron chi connectivity index (χ2n) is 6.35. The minimum Gasteiger partial charge on any atom is -0.331 e. The lowest BCUT2D eigenvalue weighted by atomic mass is 10.1. The predicted molar refractivity (Wildman–Crippen MR) is 120 cm³/mol. The lowest BCUT2D eigenvalue weighted by molar-refractivity contribution is -0.119. The standard InChI is InChI=1S/C21H27N3OS2/c1-3-4-8-17-10-12-19(13-11-17)22-21(26)24-23-20(25)15-27-14-18-9-6-5-7-16(18)2/h5-7,9-13H,3-4,8,14-15H2,1-2H3,(H,23,25)(H2,22,24,26). The molecule has 3 N–H and O–H groups in total. The van der Waals surface area contributed by atoms with E-state index in [9.17, 15) is 4.79 Å². The first-order chi connectivity index (χ1) is 13.1. The number of benzene rings is 2. The topological polar surface area (TPSA) is 53.2 Å². The SMILES string of the molecule is CCCCc1ccc(NC(=S)NNC(=O)CSCc2ccccc2C)cc1. The van der Waals surface area contributed by atoms with E-state index in [0.29, 0.717) is 10.9 Å². The van der Waals surface area contributed by atoms with Crippen molar-refractivity contribution in [1.29, 1.82) is 0 Å². The highest BCUT2D eigenvalue weighted by atomic mass is 32.2.